The van der Waals surface area contributed by atoms with Gasteiger partial charge in [-0.15, -0.1) is 0 Å². The van der Waals surface area contributed by atoms with Gasteiger partial charge >= 0.3 is 6.09 Å². The lowest BCUT2D eigenvalue weighted by molar-refractivity contribution is -0.143. The molecule has 5 aromatic rings. The molecule has 12 heteroatoms. The number of nitrogens with two attached hydrogens (primary N) is 1. The summed E-state index contributed by atoms with van der Waals surface area (Å²) in [6.45, 7) is 9.55. The van der Waals surface area contributed by atoms with Crippen molar-refractivity contribution >= 4 is 17.9 Å². The number of aromatic nitrogens is 4. The molecule has 4 fully saturated rings. The van der Waals surface area contributed by atoms with E-state index in [-0.39, 0.29) is 41.3 Å². The van der Waals surface area contributed by atoms with Crippen molar-refractivity contribution < 1.29 is 19.1 Å². The molecule has 1 aliphatic carbocycles. The molecule has 2 aromatic heterocycles. The summed E-state index contributed by atoms with van der Waals surface area (Å²) in [6.07, 6.45) is 12.7. The van der Waals surface area contributed by atoms with Gasteiger partial charge in [0, 0.05) is 24.4 Å². The van der Waals surface area contributed by atoms with Crippen LogP contribution in [0.5, 0.6) is 0 Å². The van der Waals surface area contributed by atoms with E-state index in [4.69, 9.17) is 20.4 Å². The molecule has 5 heterocycles. The lowest BCUT2D eigenvalue weighted by Gasteiger charge is -2.47. The van der Waals surface area contributed by atoms with Crippen LogP contribution in [0.25, 0.3) is 33.6 Å². The van der Waals surface area contributed by atoms with Crippen LogP contribution in [0.3, 0.4) is 0 Å². The highest BCUT2D eigenvalue weighted by molar-refractivity contribution is 5.84. The minimum absolute atomic E-state index is 0.0744. The smallest absolute Gasteiger partial charge is 0.405 e. The second kappa shape index (κ2) is 17.8. The number of hydrogen-bond acceptors (Lipinski definition) is 7. The highest BCUT2D eigenvalue weighted by Crippen LogP contribution is 2.48. The van der Waals surface area contributed by atoms with Gasteiger partial charge in [-0.2, -0.15) is 0 Å². The first kappa shape index (κ1) is 42.5. The molecule has 1 saturated carbocycles. The van der Waals surface area contributed by atoms with Crippen molar-refractivity contribution in [3.63, 3.8) is 0 Å². The Balaban J connectivity index is 0.832. The summed E-state index contributed by atoms with van der Waals surface area (Å²) in [7, 11) is 0. The van der Waals surface area contributed by atoms with E-state index in [0.29, 0.717) is 32.2 Å². The summed E-state index contributed by atoms with van der Waals surface area (Å²) in [5.74, 6) is 1.89. The molecule has 0 bridgehead atoms. The summed E-state index contributed by atoms with van der Waals surface area (Å²) in [5.41, 5.74) is 11.8. The van der Waals surface area contributed by atoms with Gasteiger partial charge in [-0.3, -0.25) is 14.5 Å². The molecule has 4 N–H and O–H groups in total. The number of amides is 3. The molecular formula is C51H62N8O4. The Kier molecular flexibility index (Phi) is 12.0. The van der Waals surface area contributed by atoms with Crippen LogP contribution in [0, 0.1) is 11.3 Å². The van der Waals surface area contributed by atoms with E-state index in [9.17, 15) is 14.4 Å². The number of carbonyl (C=O) groups excluding carboxylic acids is 3. The Bertz CT molecular complexity index is 2370. The highest BCUT2D eigenvalue weighted by Gasteiger charge is 2.49. The van der Waals surface area contributed by atoms with Crippen LogP contribution >= 0.6 is 0 Å². The van der Waals surface area contributed by atoms with Crippen LogP contribution in [0.15, 0.2) is 91.3 Å². The van der Waals surface area contributed by atoms with Gasteiger partial charge in [-0.05, 0) is 105 Å². The molecule has 3 aromatic carbocycles. The van der Waals surface area contributed by atoms with E-state index < -0.39 is 11.7 Å². The van der Waals surface area contributed by atoms with Crippen LogP contribution in [-0.2, 0) is 14.3 Å². The molecule has 330 valence electrons. The fraction of sp³-hybridized carbons (Fsp3) is 0.471. The Hall–Kier alpha value is -5.75. The van der Waals surface area contributed by atoms with Crippen LogP contribution in [-0.4, -0.2) is 84.3 Å². The van der Waals surface area contributed by atoms with Gasteiger partial charge in [-0.25, -0.2) is 14.8 Å². The summed E-state index contributed by atoms with van der Waals surface area (Å²) in [5, 5.41) is 0. The number of imidazole rings is 2. The normalized spacial score (nSPS) is 23.8. The lowest BCUT2D eigenvalue weighted by Crippen LogP contribution is -2.51. The maximum Gasteiger partial charge on any atom is 0.405 e. The fourth-order valence-electron chi connectivity index (χ4n) is 10.9. The molecule has 3 atom stereocenters. The van der Waals surface area contributed by atoms with E-state index in [2.05, 4.69) is 101 Å². The lowest BCUT2D eigenvalue weighted by atomic mass is 9.65. The van der Waals surface area contributed by atoms with Crippen molar-refractivity contribution in [2.45, 2.75) is 115 Å². The quantitative estimate of drug-likeness (QED) is 0.126. The monoisotopic (exact) mass is 850 g/mol. The number of benzene rings is 3. The molecule has 4 aliphatic rings. The minimum atomic E-state index is -0.754. The van der Waals surface area contributed by atoms with Gasteiger partial charge < -0.3 is 30.2 Å². The van der Waals surface area contributed by atoms with E-state index >= 15 is 0 Å². The number of rotatable bonds is 10. The number of likely N-dealkylation sites (tertiary alicyclic amines) is 3. The largest absolute Gasteiger partial charge is 0.443 e. The molecule has 3 aliphatic heterocycles. The van der Waals surface area contributed by atoms with Gasteiger partial charge in [0.15, 0.2) is 0 Å². The number of aromatic amines is 2. The fourth-order valence-corrected chi connectivity index (χ4v) is 10.9. The predicted octanol–water partition coefficient (Wildman–Crippen LogP) is 9.76. The van der Waals surface area contributed by atoms with Crippen molar-refractivity contribution in [1.82, 2.24) is 34.6 Å². The third kappa shape index (κ3) is 8.66. The number of ether oxygens (including phenoxy) is 1. The van der Waals surface area contributed by atoms with Crippen LogP contribution < -0.4 is 5.73 Å². The van der Waals surface area contributed by atoms with E-state index in [1.165, 1.54) is 6.42 Å². The average molecular weight is 851 g/mol. The Labute approximate surface area is 371 Å². The zero-order chi connectivity index (χ0) is 43.7. The number of primary amides is 1. The Morgan fingerprint density at radius 3 is 1.70 bits per heavy atom. The van der Waals surface area contributed by atoms with Gasteiger partial charge in [0.2, 0.25) is 11.8 Å². The first-order chi connectivity index (χ1) is 30.5. The first-order valence-corrected chi connectivity index (χ1v) is 23.2. The molecule has 3 saturated heterocycles. The third-order valence-electron chi connectivity index (χ3n) is 14.5. The molecule has 0 radical (unpaired) electrons. The zero-order valence-electron chi connectivity index (χ0n) is 37.0. The molecule has 3 amide bonds. The zero-order valence-corrected chi connectivity index (χ0v) is 37.0. The van der Waals surface area contributed by atoms with Crippen molar-refractivity contribution in [2.24, 2.45) is 17.1 Å². The highest BCUT2D eigenvalue weighted by atomic mass is 16.6. The molecular weight excluding hydrogens is 789 g/mol. The maximum atomic E-state index is 14.4. The number of piperidine rings is 1. The van der Waals surface area contributed by atoms with Crippen LogP contribution in [0.1, 0.15) is 127 Å². The van der Waals surface area contributed by atoms with Gasteiger partial charge in [0.25, 0.3) is 0 Å². The molecule has 0 spiro atoms. The minimum Gasteiger partial charge on any atom is -0.443 e. The number of nitrogens with one attached hydrogen (secondary N) is 2. The average Bonchev–Trinajstić information content (AvgIpc) is 4.14. The van der Waals surface area contributed by atoms with E-state index in [1.54, 1.807) is 0 Å². The van der Waals surface area contributed by atoms with Gasteiger partial charge in [-0.1, -0.05) is 106 Å². The Morgan fingerprint density at radius 1 is 0.667 bits per heavy atom. The molecule has 63 heavy (non-hydrogen) atoms. The predicted molar refractivity (Wildman–Crippen MR) is 244 cm³/mol. The first-order valence-electron chi connectivity index (χ1n) is 23.2. The molecule has 9 rings (SSSR count). The molecule has 0 unspecified atom stereocenters. The summed E-state index contributed by atoms with van der Waals surface area (Å²) < 4.78 is 5.72. The topological polar surface area (TPSA) is 154 Å². The standard InChI is InChI=1S/C51H62N8O4/c1-50(2,3)51(63-49(52)62)26-24-39(25-27-51)47(60)58-30-10-14-42(58)45-53-32-40(55-45)36-20-16-34(17-21-36)35-18-22-37(23-19-35)41-33-54-46(56-41)43-15-11-31-59(43)48(61)44(38-12-6-4-7-13-38)57-28-8-5-9-29-57/h4,6-7,12-13,16-23,32-33,39,42-44H,5,8-11,14-15,24-31H2,1-3H3,(H2,52,62)(H,53,55)(H,54,56)/t39?,42-,43-,44+,51?/m0/s1. The third-order valence-corrected chi connectivity index (χ3v) is 14.5. The SMILES string of the molecule is CC(C)(C)C1(OC(N)=O)CCC(C(=O)N2CCC[C@H]2c2ncc(-c3ccc(-c4ccc(-c5cnc([C@@H]6CCCN6C(=O)[C@@H](c6ccccc6)N6CCCCC6)[nH]5)cc4)cc3)[nH]2)CC1. The van der Waals surface area contributed by atoms with Crippen molar-refractivity contribution in [3.05, 3.63) is 108 Å². The van der Waals surface area contributed by atoms with Crippen LogP contribution in [0.2, 0.25) is 0 Å². The van der Waals surface area contributed by atoms with Gasteiger partial charge in [0.1, 0.15) is 23.3 Å². The summed E-state index contributed by atoms with van der Waals surface area (Å²) in [4.78, 5) is 63.4. The second-order valence-electron chi connectivity index (χ2n) is 19.2. The molecule has 12 nitrogen and oxygen atoms in total. The van der Waals surface area contributed by atoms with Crippen molar-refractivity contribution in [1.29, 1.82) is 0 Å². The number of H-pyrrole nitrogens is 2. The number of hydrogen-bond donors (Lipinski definition) is 3. The van der Waals surface area contributed by atoms with Crippen molar-refractivity contribution in [2.75, 3.05) is 26.2 Å². The van der Waals surface area contributed by atoms with Crippen LogP contribution in [0.4, 0.5) is 4.79 Å². The van der Waals surface area contributed by atoms with E-state index in [0.717, 1.165) is 109 Å². The van der Waals surface area contributed by atoms with Crippen molar-refractivity contribution in [3.8, 4) is 33.6 Å². The summed E-state index contributed by atoms with van der Waals surface area (Å²) in [6, 6.07) is 26.9. The second-order valence-corrected chi connectivity index (χ2v) is 19.2. The maximum absolute atomic E-state index is 14.4. The van der Waals surface area contributed by atoms with E-state index in [1.807, 2.05) is 35.5 Å². The van der Waals surface area contributed by atoms with Gasteiger partial charge in [0.05, 0.1) is 35.9 Å². The summed E-state index contributed by atoms with van der Waals surface area (Å²) >= 11 is 0. The number of carbonyl (C=O) groups is 3. The number of nitrogens with zero attached hydrogens (tertiary/aromatic N) is 5. The Morgan fingerprint density at radius 2 is 1.17 bits per heavy atom.